The first kappa shape index (κ1) is 26.1. The van der Waals surface area contributed by atoms with Gasteiger partial charge in [-0.15, -0.1) is 11.8 Å². The number of carbonyl (C=O) groups is 2. The zero-order chi connectivity index (χ0) is 26.9. The minimum absolute atomic E-state index is 0.143. The van der Waals surface area contributed by atoms with E-state index in [4.69, 9.17) is 4.74 Å². The quantitative estimate of drug-likeness (QED) is 0.452. The molecule has 0 radical (unpaired) electrons. The molecule has 3 atom stereocenters. The largest absolute Gasteiger partial charge is 0.444 e. The average Bonchev–Trinajstić information content (AvgIpc) is 3.53. The lowest BCUT2D eigenvalue weighted by atomic mass is 9.96. The van der Waals surface area contributed by atoms with Crippen LogP contribution in [0.2, 0.25) is 0 Å². The van der Waals surface area contributed by atoms with Crippen LogP contribution in [0.4, 0.5) is 10.6 Å². The molecule has 1 aromatic carbocycles. The summed E-state index contributed by atoms with van der Waals surface area (Å²) in [6.45, 7) is 6.26. The minimum Gasteiger partial charge on any atom is -0.444 e. The van der Waals surface area contributed by atoms with E-state index < -0.39 is 29.9 Å². The number of nitrogens with one attached hydrogen (secondary N) is 2. The van der Waals surface area contributed by atoms with Gasteiger partial charge in [-0.05, 0) is 38.8 Å². The van der Waals surface area contributed by atoms with Gasteiger partial charge in [-0.1, -0.05) is 30.3 Å². The zero-order valence-corrected chi connectivity index (χ0v) is 22.4. The second kappa shape index (κ2) is 10.7. The fourth-order valence-electron chi connectivity index (χ4n) is 4.84. The lowest BCUT2D eigenvalue weighted by molar-refractivity contribution is -0.118. The number of hydrogen-bond donors (Lipinski definition) is 3. The van der Waals surface area contributed by atoms with E-state index in [9.17, 15) is 14.7 Å². The number of benzene rings is 1. The van der Waals surface area contributed by atoms with Gasteiger partial charge in [-0.25, -0.2) is 14.8 Å². The van der Waals surface area contributed by atoms with Crippen LogP contribution in [0.15, 0.2) is 60.0 Å². The van der Waals surface area contributed by atoms with Gasteiger partial charge in [0.2, 0.25) is 0 Å². The molecule has 38 heavy (non-hydrogen) atoms. The number of carbonyl (C=O) groups excluding carboxylic acids is 2. The highest BCUT2D eigenvalue weighted by molar-refractivity contribution is 8.04. The van der Waals surface area contributed by atoms with Crippen molar-refractivity contribution in [2.24, 2.45) is 0 Å². The van der Waals surface area contributed by atoms with Crippen molar-refractivity contribution >= 4 is 40.6 Å². The molecule has 3 aromatic rings. The maximum absolute atomic E-state index is 13.7. The molecule has 1 saturated heterocycles. The fraction of sp³-hybridized carbons (Fsp3) is 0.407. The Morgan fingerprint density at radius 3 is 2.76 bits per heavy atom. The summed E-state index contributed by atoms with van der Waals surface area (Å²) in [6.07, 6.45) is 4.24. The summed E-state index contributed by atoms with van der Waals surface area (Å²) in [6, 6.07) is 10.4. The third kappa shape index (κ3) is 5.63. The van der Waals surface area contributed by atoms with Gasteiger partial charge in [-0.3, -0.25) is 4.79 Å². The van der Waals surface area contributed by atoms with Crippen LogP contribution in [-0.4, -0.2) is 73.5 Å². The van der Waals surface area contributed by atoms with Crippen LogP contribution in [0, 0.1) is 0 Å². The van der Waals surface area contributed by atoms with E-state index in [2.05, 4.69) is 20.3 Å². The van der Waals surface area contributed by atoms with E-state index in [1.807, 2.05) is 53.7 Å². The first-order valence-corrected chi connectivity index (χ1v) is 13.6. The molecule has 0 saturated carbocycles. The molecule has 0 spiro atoms. The number of amides is 2. The van der Waals surface area contributed by atoms with Crippen molar-refractivity contribution in [2.45, 2.75) is 51.0 Å². The molecule has 200 valence electrons. The van der Waals surface area contributed by atoms with Crippen LogP contribution >= 0.6 is 11.8 Å². The number of H-pyrrole nitrogens is 1. The smallest absolute Gasteiger partial charge is 0.410 e. The van der Waals surface area contributed by atoms with E-state index in [1.54, 1.807) is 20.8 Å². The number of ether oxygens (including phenoxy) is 1. The van der Waals surface area contributed by atoms with E-state index in [1.165, 1.54) is 23.0 Å². The molecule has 3 N–H and O–H groups in total. The summed E-state index contributed by atoms with van der Waals surface area (Å²) >= 11 is 1.47. The van der Waals surface area contributed by atoms with Crippen molar-refractivity contribution < 1.29 is 19.4 Å². The highest BCUT2D eigenvalue weighted by Gasteiger charge is 2.42. The van der Waals surface area contributed by atoms with Crippen molar-refractivity contribution in [3.63, 3.8) is 0 Å². The van der Waals surface area contributed by atoms with Crippen LogP contribution in [0.25, 0.3) is 11.0 Å². The van der Waals surface area contributed by atoms with E-state index in [0.29, 0.717) is 23.6 Å². The number of thioether (sulfide) groups is 1. The molecular formula is C27H32N6O4S. The number of anilines is 1. The maximum Gasteiger partial charge on any atom is 0.410 e. The normalized spacial score (nSPS) is 20.8. The van der Waals surface area contributed by atoms with Crippen LogP contribution in [0.5, 0.6) is 0 Å². The lowest BCUT2D eigenvalue weighted by Gasteiger charge is -2.34. The van der Waals surface area contributed by atoms with Gasteiger partial charge in [0.15, 0.2) is 0 Å². The van der Waals surface area contributed by atoms with Gasteiger partial charge >= 0.3 is 6.09 Å². The van der Waals surface area contributed by atoms with Crippen molar-refractivity contribution in [1.29, 1.82) is 0 Å². The topological polar surface area (TPSA) is 124 Å². The molecular weight excluding hydrogens is 504 g/mol. The van der Waals surface area contributed by atoms with Crippen LogP contribution in [-0.2, 0) is 9.53 Å². The van der Waals surface area contributed by atoms with Gasteiger partial charge in [0.25, 0.3) is 5.91 Å². The Bertz CT molecular complexity index is 1340. The number of aliphatic hydroxyl groups excluding tert-OH is 1. The van der Waals surface area contributed by atoms with E-state index in [-0.39, 0.29) is 12.5 Å². The highest BCUT2D eigenvalue weighted by atomic mass is 32.2. The Hall–Kier alpha value is -3.57. The van der Waals surface area contributed by atoms with Crippen molar-refractivity contribution in [1.82, 2.24) is 25.2 Å². The molecule has 2 amide bonds. The van der Waals surface area contributed by atoms with Gasteiger partial charge < -0.3 is 29.9 Å². The third-order valence-electron chi connectivity index (χ3n) is 6.47. The summed E-state index contributed by atoms with van der Waals surface area (Å²) in [5.41, 5.74) is 0.898. The second-order valence-electron chi connectivity index (χ2n) is 10.4. The van der Waals surface area contributed by atoms with Crippen molar-refractivity contribution in [3.05, 3.63) is 65.6 Å². The number of nitrogens with zero attached hydrogens (tertiary/aromatic N) is 4. The highest BCUT2D eigenvalue weighted by Crippen LogP contribution is 2.33. The second-order valence-corrected chi connectivity index (χ2v) is 11.6. The molecule has 2 aliphatic rings. The summed E-state index contributed by atoms with van der Waals surface area (Å²) < 4.78 is 5.63. The molecule has 1 fully saturated rings. The summed E-state index contributed by atoms with van der Waals surface area (Å²) in [7, 11) is 0. The van der Waals surface area contributed by atoms with Gasteiger partial charge in [0.1, 0.15) is 23.4 Å². The molecule has 4 heterocycles. The van der Waals surface area contributed by atoms with Crippen molar-refractivity contribution in [2.75, 3.05) is 23.7 Å². The number of rotatable bonds is 5. The summed E-state index contributed by atoms with van der Waals surface area (Å²) in [5.74, 6) is 1.19. The fourth-order valence-corrected chi connectivity index (χ4v) is 5.74. The molecule has 2 aromatic heterocycles. The Morgan fingerprint density at radius 2 is 2.00 bits per heavy atom. The molecule has 2 aliphatic heterocycles. The number of aromatic amines is 1. The lowest BCUT2D eigenvalue weighted by Crippen LogP contribution is -2.47. The Balaban J connectivity index is 1.42. The Kier molecular flexibility index (Phi) is 7.31. The van der Waals surface area contributed by atoms with Crippen LogP contribution in [0.1, 0.15) is 38.8 Å². The molecule has 0 aliphatic carbocycles. The minimum atomic E-state index is -0.712. The number of β-amino-alcohol motifs (C(OH)–C–C–N with tert-alkyl or cyclic N) is 1. The predicted molar refractivity (Wildman–Crippen MR) is 146 cm³/mol. The monoisotopic (exact) mass is 536 g/mol. The van der Waals surface area contributed by atoms with Crippen LogP contribution < -0.4 is 10.2 Å². The van der Waals surface area contributed by atoms with E-state index >= 15 is 0 Å². The number of aromatic nitrogens is 3. The summed E-state index contributed by atoms with van der Waals surface area (Å²) in [4.78, 5) is 42.6. The van der Waals surface area contributed by atoms with Gasteiger partial charge in [-0.2, -0.15) is 0 Å². The molecule has 1 unspecified atom stereocenters. The van der Waals surface area contributed by atoms with E-state index in [0.717, 1.165) is 22.4 Å². The van der Waals surface area contributed by atoms with Gasteiger partial charge in [0.05, 0.1) is 35.0 Å². The number of hydrogen-bond acceptors (Lipinski definition) is 8. The number of aliphatic hydroxyl groups is 1. The zero-order valence-electron chi connectivity index (χ0n) is 21.6. The molecule has 5 rings (SSSR count). The Morgan fingerprint density at radius 1 is 1.21 bits per heavy atom. The number of fused-ring (bicyclic) bond motifs is 1. The molecule has 11 heteroatoms. The van der Waals surface area contributed by atoms with Crippen molar-refractivity contribution in [3.8, 4) is 0 Å². The summed E-state index contributed by atoms with van der Waals surface area (Å²) in [5, 5.41) is 14.6. The number of likely N-dealkylation sites (tertiary alicyclic amines) is 1. The van der Waals surface area contributed by atoms with Crippen LogP contribution in [0.3, 0.4) is 0 Å². The molecule has 10 nitrogen and oxygen atoms in total. The van der Waals surface area contributed by atoms with Gasteiger partial charge in [0, 0.05) is 24.7 Å². The first-order chi connectivity index (χ1) is 18.2. The standard InChI is InChI=1S/C27H32N6O4S/c1-27(2,3)37-26(36)33-14-18(34)13-20(33)22(17-7-5-4-6-8-17)31-25(35)21-15-32(11-12-38-21)24-19-9-10-28-23(19)29-16-30-24/h4-10,15-16,18,20,22,34H,11-14H2,1-3H3,(H,31,35)(H,28,29,30)/t18-,20-,22?/m1/s1. The third-order valence-corrected chi connectivity index (χ3v) is 7.46. The maximum atomic E-state index is 13.7. The molecule has 0 bridgehead atoms. The Labute approximate surface area is 225 Å². The average molecular weight is 537 g/mol. The SMILES string of the molecule is CC(C)(C)OC(=O)N1C[C@H](O)C[C@@H]1C(NC(=O)C1=CN(c2ncnc3[nH]ccc23)CCS1)c1ccccc1. The predicted octanol–water partition coefficient (Wildman–Crippen LogP) is 3.58. The first-order valence-electron chi connectivity index (χ1n) is 12.6.